The minimum absolute atomic E-state index is 0.129. The summed E-state index contributed by atoms with van der Waals surface area (Å²) in [5.74, 6) is -1.66. The first-order valence-corrected chi connectivity index (χ1v) is 3.90. The molecular formula is C7H5BrFNO2. The number of carboxylic acids is 1. The van der Waals surface area contributed by atoms with Gasteiger partial charge in [0.25, 0.3) is 0 Å². The lowest BCUT2D eigenvalue weighted by Gasteiger charge is -1.98. The number of hydrogen-bond donors (Lipinski definition) is 1. The number of aliphatic carboxylic acids is 1. The fourth-order valence-corrected chi connectivity index (χ4v) is 1.13. The minimum Gasteiger partial charge on any atom is -0.481 e. The van der Waals surface area contributed by atoms with Crippen LogP contribution in [0.2, 0.25) is 0 Å². The lowest BCUT2D eigenvalue weighted by molar-refractivity contribution is -0.136. The van der Waals surface area contributed by atoms with Crippen molar-refractivity contribution in [1.82, 2.24) is 4.98 Å². The summed E-state index contributed by atoms with van der Waals surface area (Å²) in [6, 6.07) is 1.35. The highest BCUT2D eigenvalue weighted by Gasteiger charge is 2.07. The molecule has 1 heterocycles. The van der Waals surface area contributed by atoms with Gasteiger partial charge in [-0.3, -0.25) is 4.79 Å². The van der Waals surface area contributed by atoms with Gasteiger partial charge in [0.2, 0.25) is 0 Å². The number of hydrogen-bond acceptors (Lipinski definition) is 2. The van der Waals surface area contributed by atoms with E-state index in [0.29, 0.717) is 4.60 Å². The van der Waals surface area contributed by atoms with Crippen LogP contribution in [0.3, 0.4) is 0 Å². The molecule has 0 amide bonds. The van der Waals surface area contributed by atoms with Crippen molar-refractivity contribution in [3.05, 3.63) is 28.2 Å². The van der Waals surface area contributed by atoms with Crippen LogP contribution in [0.1, 0.15) is 5.56 Å². The van der Waals surface area contributed by atoms with Gasteiger partial charge in [0.15, 0.2) is 0 Å². The van der Waals surface area contributed by atoms with Gasteiger partial charge in [-0.15, -0.1) is 0 Å². The van der Waals surface area contributed by atoms with Crippen LogP contribution in [0.15, 0.2) is 16.9 Å². The van der Waals surface area contributed by atoms with Gasteiger partial charge >= 0.3 is 5.97 Å². The maximum atomic E-state index is 12.8. The Balaban J connectivity index is 2.97. The van der Waals surface area contributed by atoms with Gasteiger partial charge in [0.05, 0.1) is 12.6 Å². The third kappa shape index (κ3) is 2.27. The summed E-state index contributed by atoms with van der Waals surface area (Å²) >= 11 is 3.02. The van der Waals surface area contributed by atoms with Gasteiger partial charge in [0, 0.05) is 5.56 Å². The molecule has 0 saturated carbocycles. The maximum Gasteiger partial charge on any atom is 0.307 e. The van der Waals surface area contributed by atoms with E-state index in [2.05, 4.69) is 20.9 Å². The topological polar surface area (TPSA) is 50.2 Å². The largest absolute Gasteiger partial charge is 0.481 e. The maximum absolute atomic E-state index is 12.8. The van der Waals surface area contributed by atoms with Crippen LogP contribution in [-0.2, 0) is 11.2 Å². The van der Waals surface area contributed by atoms with E-state index in [1.165, 1.54) is 6.07 Å². The predicted octanol–water partition coefficient (Wildman–Crippen LogP) is 1.61. The Hall–Kier alpha value is -0.970. The standard InChI is InChI=1S/C7H5BrFNO2/c8-6-1-4(2-7(11)12)5(9)3-10-6/h1,3H,2H2,(H,11,12). The summed E-state index contributed by atoms with van der Waals surface area (Å²) < 4.78 is 13.2. The van der Waals surface area contributed by atoms with Crippen LogP contribution in [0, 0.1) is 5.82 Å². The van der Waals surface area contributed by atoms with Gasteiger partial charge in [-0.2, -0.15) is 0 Å². The molecule has 1 N–H and O–H groups in total. The second kappa shape index (κ2) is 3.62. The van der Waals surface area contributed by atoms with Gasteiger partial charge in [-0.05, 0) is 22.0 Å². The van der Waals surface area contributed by atoms with Crippen molar-refractivity contribution in [2.45, 2.75) is 6.42 Å². The molecule has 0 aliphatic heterocycles. The fourth-order valence-electron chi connectivity index (χ4n) is 0.750. The van der Waals surface area contributed by atoms with E-state index >= 15 is 0 Å². The number of pyridine rings is 1. The average molecular weight is 234 g/mol. The number of carboxylic acid groups (broad SMARTS) is 1. The number of carbonyl (C=O) groups is 1. The molecule has 0 atom stereocenters. The van der Waals surface area contributed by atoms with Gasteiger partial charge in [-0.1, -0.05) is 0 Å². The first-order chi connectivity index (χ1) is 5.59. The van der Waals surface area contributed by atoms with Crippen molar-refractivity contribution >= 4 is 21.9 Å². The molecule has 1 rings (SSSR count). The van der Waals surface area contributed by atoms with Crippen LogP contribution >= 0.6 is 15.9 Å². The van der Waals surface area contributed by atoms with E-state index in [4.69, 9.17) is 5.11 Å². The zero-order valence-electron chi connectivity index (χ0n) is 5.92. The summed E-state index contributed by atoms with van der Waals surface area (Å²) in [6.07, 6.45) is 0.662. The van der Waals surface area contributed by atoms with E-state index in [-0.39, 0.29) is 12.0 Å². The molecule has 0 fully saturated rings. The molecule has 0 bridgehead atoms. The Morgan fingerprint density at radius 3 is 3.00 bits per heavy atom. The van der Waals surface area contributed by atoms with E-state index in [1.807, 2.05) is 0 Å². The van der Waals surface area contributed by atoms with E-state index in [9.17, 15) is 9.18 Å². The van der Waals surface area contributed by atoms with E-state index in [0.717, 1.165) is 6.20 Å². The monoisotopic (exact) mass is 233 g/mol. The third-order valence-electron chi connectivity index (χ3n) is 1.24. The quantitative estimate of drug-likeness (QED) is 0.790. The second-order valence-electron chi connectivity index (χ2n) is 2.17. The van der Waals surface area contributed by atoms with Crippen molar-refractivity contribution in [2.75, 3.05) is 0 Å². The SMILES string of the molecule is O=C(O)Cc1cc(Br)ncc1F. The molecule has 0 radical (unpaired) electrons. The lowest BCUT2D eigenvalue weighted by Crippen LogP contribution is -2.02. The second-order valence-corrected chi connectivity index (χ2v) is 2.98. The Bertz CT molecular complexity index is 316. The van der Waals surface area contributed by atoms with Crippen molar-refractivity contribution < 1.29 is 14.3 Å². The summed E-state index contributed by atoms with van der Waals surface area (Å²) in [7, 11) is 0. The number of rotatable bonds is 2. The van der Waals surface area contributed by atoms with Crippen LogP contribution in [0.5, 0.6) is 0 Å². The normalized spacial score (nSPS) is 9.83. The molecular weight excluding hydrogens is 229 g/mol. The van der Waals surface area contributed by atoms with Gasteiger partial charge < -0.3 is 5.11 Å². The Kier molecular flexibility index (Phi) is 2.75. The average Bonchev–Trinajstić information content (AvgIpc) is 1.96. The predicted molar refractivity (Wildman–Crippen MR) is 43.2 cm³/mol. The molecule has 0 saturated heterocycles. The molecule has 3 nitrogen and oxygen atoms in total. The minimum atomic E-state index is -1.06. The highest BCUT2D eigenvalue weighted by Crippen LogP contribution is 2.12. The van der Waals surface area contributed by atoms with Crippen molar-refractivity contribution in [3.8, 4) is 0 Å². The number of nitrogens with zero attached hydrogens (tertiary/aromatic N) is 1. The van der Waals surface area contributed by atoms with Crippen molar-refractivity contribution in [2.24, 2.45) is 0 Å². The fraction of sp³-hybridized carbons (Fsp3) is 0.143. The van der Waals surface area contributed by atoms with Crippen LogP contribution < -0.4 is 0 Å². The summed E-state index contributed by atoms with van der Waals surface area (Å²) in [5, 5.41) is 8.38. The molecule has 0 aliphatic carbocycles. The Morgan fingerprint density at radius 1 is 1.75 bits per heavy atom. The molecule has 5 heteroatoms. The van der Waals surface area contributed by atoms with Crippen molar-refractivity contribution in [3.63, 3.8) is 0 Å². The first-order valence-electron chi connectivity index (χ1n) is 3.11. The van der Waals surface area contributed by atoms with Crippen molar-refractivity contribution in [1.29, 1.82) is 0 Å². The summed E-state index contributed by atoms with van der Waals surface area (Å²) in [4.78, 5) is 13.8. The van der Waals surface area contributed by atoms with Crippen LogP contribution in [-0.4, -0.2) is 16.1 Å². The molecule has 0 aliphatic rings. The van der Waals surface area contributed by atoms with Gasteiger partial charge in [0.1, 0.15) is 10.4 Å². The Labute approximate surface area is 76.4 Å². The molecule has 0 unspecified atom stereocenters. The molecule has 0 aromatic carbocycles. The summed E-state index contributed by atoms with van der Waals surface area (Å²) in [5.41, 5.74) is 0.129. The van der Waals surface area contributed by atoms with Gasteiger partial charge in [-0.25, -0.2) is 9.37 Å². The highest BCUT2D eigenvalue weighted by atomic mass is 79.9. The zero-order valence-corrected chi connectivity index (χ0v) is 7.51. The molecule has 1 aromatic rings. The molecule has 12 heavy (non-hydrogen) atoms. The van der Waals surface area contributed by atoms with Crippen LogP contribution in [0.4, 0.5) is 4.39 Å². The summed E-state index contributed by atoms with van der Waals surface area (Å²) in [6.45, 7) is 0. The Morgan fingerprint density at radius 2 is 2.42 bits per heavy atom. The first kappa shape index (κ1) is 9.12. The van der Waals surface area contributed by atoms with E-state index < -0.39 is 11.8 Å². The molecule has 1 aromatic heterocycles. The number of aromatic nitrogens is 1. The zero-order chi connectivity index (χ0) is 9.14. The lowest BCUT2D eigenvalue weighted by atomic mass is 10.2. The molecule has 64 valence electrons. The smallest absolute Gasteiger partial charge is 0.307 e. The van der Waals surface area contributed by atoms with Crippen LogP contribution in [0.25, 0.3) is 0 Å². The van der Waals surface area contributed by atoms with E-state index in [1.54, 1.807) is 0 Å². The molecule has 0 spiro atoms. The highest BCUT2D eigenvalue weighted by molar-refractivity contribution is 9.10. The number of halogens is 2. The third-order valence-corrected chi connectivity index (χ3v) is 1.68.